The fourth-order valence-electron chi connectivity index (χ4n) is 2.99. The minimum Gasteiger partial charge on any atom is -0.478 e. The van der Waals surface area contributed by atoms with Crippen LogP contribution in [0, 0.1) is 5.92 Å². The number of rotatable bonds is 5. The number of sulfonamides is 1. The van der Waals surface area contributed by atoms with Crippen LogP contribution in [0.4, 0.5) is 0 Å². The molecule has 7 nitrogen and oxygen atoms in total. The second-order valence-corrected chi connectivity index (χ2v) is 7.88. The molecule has 2 rings (SSSR count). The molecule has 0 amide bonds. The van der Waals surface area contributed by atoms with E-state index in [0.717, 1.165) is 6.07 Å². The Morgan fingerprint density at radius 1 is 1.21 bits per heavy atom. The van der Waals surface area contributed by atoms with Crippen molar-refractivity contribution < 1.29 is 27.9 Å². The maximum Gasteiger partial charge on any atom is 0.335 e. The number of benzene rings is 1. The van der Waals surface area contributed by atoms with Crippen molar-refractivity contribution in [3.63, 3.8) is 0 Å². The number of ether oxygens (including phenoxy) is 1. The van der Waals surface area contributed by atoms with Gasteiger partial charge in [-0.2, -0.15) is 4.31 Å². The van der Waals surface area contributed by atoms with Gasteiger partial charge in [0.15, 0.2) is 0 Å². The fraction of sp³-hybridized carbons (Fsp3) is 0.500. The van der Waals surface area contributed by atoms with Crippen LogP contribution in [-0.2, 0) is 19.6 Å². The van der Waals surface area contributed by atoms with Gasteiger partial charge in [-0.3, -0.25) is 4.79 Å². The van der Waals surface area contributed by atoms with E-state index in [1.807, 2.05) is 0 Å². The van der Waals surface area contributed by atoms with Crippen molar-refractivity contribution in [2.45, 2.75) is 36.6 Å². The number of aromatic carboxylic acids is 1. The number of methoxy groups -OCH3 is 1. The Hall–Kier alpha value is -1.93. The largest absolute Gasteiger partial charge is 0.478 e. The SMILES string of the molecule is COC(=O)C1CCC(N(C)S(=O)(=O)c2cccc(C(=O)O)c2)CC1. The Kier molecular flexibility index (Phi) is 5.61. The van der Waals surface area contributed by atoms with Crippen LogP contribution >= 0.6 is 0 Å². The summed E-state index contributed by atoms with van der Waals surface area (Å²) in [5.74, 6) is -1.61. The summed E-state index contributed by atoms with van der Waals surface area (Å²) in [7, 11) is -0.944. The molecule has 132 valence electrons. The second kappa shape index (κ2) is 7.31. The Labute approximate surface area is 141 Å². The van der Waals surface area contributed by atoms with Crippen molar-refractivity contribution in [1.29, 1.82) is 0 Å². The maximum atomic E-state index is 12.7. The summed E-state index contributed by atoms with van der Waals surface area (Å²) in [5, 5.41) is 9.01. The van der Waals surface area contributed by atoms with E-state index >= 15 is 0 Å². The standard InChI is InChI=1S/C16H21NO6S/c1-17(13-8-6-11(7-9-13)16(20)23-2)24(21,22)14-5-3-4-12(10-14)15(18)19/h3-5,10-11,13H,6-9H2,1-2H3,(H,18,19). The molecule has 0 heterocycles. The van der Waals surface area contributed by atoms with Gasteiger partial charge >= 0.3 is 11.9 Å². The van der Waals surface area contributed by atoms with Crippen LogP contribution in [0.25, 0.3) is 0 Å². The third-order valence-electron chi connectivity index (χ3n) is 4.50. The molecule has 24 heavy (non-hydrogen) atoms. The van der Waals surface area contributed by atoms with Crippen LogP contribution in [0.1, 0.15) is 36.0 Å². The Morgan fingerprint density at radius 2 is 1.83 bits per heavy atom. The molecule has 1 aliphatic rings. The summed E-state index contributed by atoms with van der Waals surface area (Å²) in [5.41, 5.74) is -0.0705. The lowest BCUT2D eigenvalue weighted by molar-refractivity contribution is -0.146. The monoisotopic (exact) mass is 355 g/mol. The average molecular weight is 355 g/mol. The molecule has 1 saturated carbocycles. The van der Waals surface area contributed by atoms with Crippen LogP contribution in [-0.4, -0.2) is 50.0 Å². The molecule has 0 radical (unpaired) electrons. The van der Waals surface area contributed by atoms with Gasteiger partial charge in [0.25, 0.3) is 0 Å². The van der Waals surface area contributed by atoms with Gasteiger partial charge in [0.1, 0.15) is 0 Å². The number of carboxylic acids is 1. The van der Waals surface area contributed by atoms with Gasteiger partial charge < -0.3 is 9.84 Å². The Morgan fingerprint density at radius 3 is 2.38 bits per heavy atom. The van der Waals surface area contributed by atoms with E-state index in [-0.39, 0.29) is 28.4 Å². The van der Waals surface area contributed by atoms with Crippen LogP contribution in [0.15, 0.2) is 29.2 Å². The third kappa shape index (κ3) is 3.76. The molecule has 1 aliphatic carbocycles. The highest BCUT2D eigenvalue weighted by Crippen LogP contribution is 2.30. The number of carboxylic acid groups (broad SMARTS) is 1. The number of hydrogen-bond acceptors (Lipinski definition) is 5. The zero-order valence-electron chi connectivity index (χ0n) is 13.6. The topological polar surface area (TPSA) is 101 Å². The first kappa shape index (κ1) is 18.4. The van der Waals surface area contributed by atoms with Crippen LogP contribution in [0.5, 0.6) is 0 Å². The minimum atomic E-state index is -3.78. The highest BCUT2D eigenvalue weighted by Gasteiger charge is 2.34. The lowest BCUT2D eigenvalue weighted by Gasteiger charge is -2.33. The number of carbonyl (C=O) groups is 2. The lowest BCUT2D eigenvalue weighted by Crippen LogP contribution is -2.40. The van der Waals surface area contributed by atoms with Gasteiger partial charge in [-0.15, -0.1) is 0 Å². The van der Waals surface area contributed by atoms with Crippen molar-refractivity contribution >= 4 is 22.0 Å². The smallest absolute Gasteiger partial charge is 0.335 e. The number of hydrogen-bond donors (Lipinski definition) is 1. The van der Waals surface area contributed by atoms with Crippen LogP contribution in [0.2, 0.25) is 0 Å². The molecule has 0 aliphatic heterocycles. The van der Waals surface area contributed by atoms with Gasteiger partial charge in [0.2, 0.25) is 10.0 Å². The molecule has 0 bridgehead atoms. The summed E-state index contributed by atoms with van der Waals surface area (Å²) >= 11 is 0. The quantitative estimate of drug-likeness (QED) is 0.807. The van der Waals surface area contributed by atoms with E-state index < -0.39 is 16.0 Å². The summed E-state index contributed by atoms with van der Waals surface area (Å²) < 4.78 is 31.4. The number of carbonyl (C=O) groups excluding carboxylic acids is 1. The first-order valence-electron chi connectivity index (χ1n) is 7.66. The summed E-state index contributed by atoms with van der Waals surface area (Å²) in [6.45, 7) is 0. The van der Waals surface area contributed by atoms with Gasteiger partial charge in [0, 0.05) is 13.1 Å². The van der Waals surface area contributed by atoms with Crippen LogP contribution < -0.4 is 0 Å². The van der Waals surface area contributed by atoms with E-state index in [9.17, 15) is 18.0 Å². The molecular formula is C16H21NO6S. The van der Waals surface area contributed by atoms with Gasteiger partial charge in [-0.1, -0.05) is 6.07 Å². The van der Waals surface area contributed by atoms with Crippen molar-refractivity contribution in [1.82, 2.24) is 4.31 Å². The molecule has 0 aromatic heterocycles. The van der Waals surface area contributed by atoms with Gasteiger partial charge in [-0.05, 0) is 43.9 Å². The van der Waals surface area contributed by atoms with E-state index in [4.69, 9.17) is 9.84 Å². The fourth-order valence-corrected chi connectivity index (χ4v) is 4.46. The summed E-state index contributed by atoms with van der Waals surface area (Å²) in [4.78, 5) is 22.5. The van der Waals surface area contributed by atoms with Crippen molar-refractivity contribution in [2.24, 2.45) is 5.92 Å². The highest BCUT2D eigenvalue weighted by atomic mass is 32.2. The van der Waals surface area contributed by atoms with Crippen LogP contribution in [0.3, 0.4) is 0 Å². The molecule has 1 fully saturated rings. The Bertz CT molecular complexity index is 722. The molecule has 0 atom stereocenters. The molecule has 1 N–H and O–H groups in total. The van der Waals surface area contributed by atoms with E-state index in [1.54, 1.807) is 0 Å². The van der Waals surface area contributed by atoms with Crippen molar-refractivity contribution in [2.75, 3.05) is 14.2 Å². The lowest BCUT2D eigenvalue weighted by atomic mass is 9.86. The average Bonchev–Trinajstić information content (AvgIpc) is 2.60. The number of esters is 1. The highest BCUT2D eigenvalue weighted by molar-refractivity contribution is 7.89. The maximum absolute atomic E-state index is 12.7. The molecule has 8 heteroatoms. The molecule has 0 unspecified atom stereocenters. The summed E-state index contributed by atoms with van der Waals surface area (Å²) in [6.07, 6.45) is 2.28. The molecule has 0 spiro atoms. The number of nitrogens with zero attached hydrogens (tertiary/aromatic N) is 1. The second-order valence-electron chi connectivity index (χ2n) is 5.88. The molecule has 1 aromatic rings. The predicted molar refractivity (Wildman–Crippen MR) is 86.1 cm³/mol. The zero-order chi connectivity index (χ0) is 17.9. The molecular weight excluding hydrogens is 334 g/mol. The normalized spacial score (nSPS) is 21.5. The zero-order valence-corrected chi connectivity index (χ0v) is 14.5. The molecule has 1 aromatic carbocycles. The summed E-state index contributed by atoms with van der Waals surface area (Å²) in [6, 6.07) is 5.10. The van der Waals surface area contributed by atoms with E-state index in [2.05, 4.69) is 0 Å². The van der Waals surface area contributed by atoms with E-state index in [1.165, 1.54) is 36.7 Å². The van der Waals surface area contributed by atoms with Crippen molar-refractivity contribution in [3.8, 4) is 0 Å². The van der Waals surface area contributed by atoms with E-state index in [0.29, 0.717) is 25.7 Å². The van der Waals surface area contributed by atoms with Gasteiger partial charge in [-0.25, -0.2) is 13.2 Å². The third-order valence-corrected chi connectivity index (χ3v) is 6.41. The molecule has 0 saturated heterocycles. The predicted octanol–water partition coefficient (Wildman–Crippen LogP) is 1.74. The minimum absolute atomic E-state index is 0.0417. The Balaban J connectivity index is 2.14. The first-order chi connectivity index (χ1) is 11.3. The van der Waals surface area contributed by atoms with Crippen molar-refractivity contribution in [3.05, 3.63) is 29.8 Å². The van der Waals surface area contributed by atoms with Gasteiger partial charge in [0.05, 0.1) is 23.5 Å². The first-order valence-corrected chi connectivity index (χ1v) is 9.10.